The monoisotopic (exact) mass is 528 g/mol. The van der Waals surface area contributed by atoms with Crippen LogP contribution < -0.4 is 16.4 Å². The largest absolute Gasteiger partial charge is 0.417 e. The standard InChI is InChI=1S/C24H16ClF3N6OS/c1-11-2-4-14-13(18(11)34-23(35)15-9-36-20-19(15)31-10-32-21(20)29)6-7-30-22(14)33-12-3-5-17(25)16(8-12)24(26,27)28/h2-10H,1H3,(H,30,33)(H,34,35)(H2,29,31,32). The van der Waals surface area contributed by atoms with E-state index in [0.29, 0.717) is 43.9 Å². The second-order valence-electron chi connectivity index (χ2n) is 7.87. The first-order chi connectivity index (χ1) is 17.1. The molecule has 0 aliphatic heterocycles. The van der Waals surface area contributed by atoms with Gasteiger partial charge in [-0.1, -0.05) is 23.7 Å². The number of thiophene rings is 1. The number of hydrogen-bond acceptors (Lipinski definition) is 7. The van der Waals surface area contributed by atoms with Crippen LogP contribution in [0.4, 0.5) is 36.2 Å². The summed E-state index contributed by atoms with van der Waals surface area (Å²) in [7, 11) is 0. The Kier molecular flexibility index (Phi) is 5.89. The van der Waals surface area contributed by atoms with Gasteiger partial charge in [0.25, 0.3) is 5.91 Å². The smallest absolute Gasteiger partial charge is 0.382 e. The molecule has 0 unspecified atom stereocenters. The number of hydrogen-bond donors (Lipinski definition) is 3. The molecule has 0 aliphatic rings. The van der Waals surface area contributed by atoms with E-state index in [-0.39, 0.29) is 11.6 Å². The lowest BCUT2D eigenvalue weighted by Gasteiger charge is -2.16. The highest BCUT2D eigenvalue weighted by Crippen LogP contribution is 2.38. The van der Waals surface area contributed by atoms with Crippen LogP contribution >= 0.6 is 22.9 Å². The molecular formula is C24H16ClF3N6OS. The number of pyridine rings is 1. The first kappa shape index (κ1) is 23.8. The molecule has 5 aromatic rings. The molecule has 182 valence electrons. The number of benzene rings is 2. The van der Waals surface area contributed by atoms with Crippen LogP contribution in [0.3, 0.4) is 0 Å². The van der Waals surface area contributed by atoms with E-state index in [0.717, 1.165) is 11.6 Å². The summed E-state index contributed by atoms with van der Waals surface area (Å²) in [6.45, 7) is 1.84. The summed E-state index contributed by atoms with van der Waals surface area (Å²) < 4.78 is 40.5. The Balaban J connectivity index is 1.52. The van der Waals surface area contributed by atoms with Gasteiger partial charge in [0.2, 0.25) is 0 Å². The zero-order chi connectivity index (χ0) is 25.6. The molecule has 3 heterocycles. The predicted molar refractivity (Wildman–Crippen MR) is 136 cm³/mol. The van der Waals surface area contributed by atoms with E-state index in [1.807, 2.05) is 6.92 Å². The number of carbonyl (C=O) groups excluding carboxylic acids is 1. The third-order valence-electron chi connectivity index (χ3n) is 5.55. The number of halogens is 4. The summed E-state index contributed by atoms with van der Waals surface area (Å²) in [5.41, 5.74) is 7.23. The molecule has 4 N–H and O–H groups in total. The van der Waals surface area contributed by atoms with Crippen molar-refractivity contribution in [3.05, 3.63) is 76.0 Å². The molecule has 0 saturated heterocycles. The zero-order valence-electron chi connectivity index (χ0n) is 18.4. The number of aromatic nitrogens is 3. The van der Waals surface area contributed by atoms with Crippen molar-refractivity contribution in [1.82, 2.24) is 15.0 Å². The van der Waals surface area contributed by atoms with Gasteiger partial charge < -0.3 is 16.4 Å². The summed E-state index contributed by atoms with van der Waals surface area (Å²) >= 11 is 7.01. The number of nitrogens with zero attached hydrogens (tertiary/aromatic N) is 3. The minimum Gasteiger partial charge on any atom is -0.382 e. The minimum atomic E-state index is -4.60. The molecule has 0 spiro atoms. The molecule has 0 aliphatic carbocycles. The van der Waals surface area contributed by atoms with Gasteiger partial charge in [-0.15, -0.1) is 11.3 Å². The number of nitrogens with two attached hydrogens (primary N) is 1. The van der Waals surface area contributed by atoms with Crippen LogP contribution in [0.15, 0.2) is 54.3 Å². The summed E-state index contributed by atoms with van der Waals surface area (Å²) in [6, 6.07) is 8.83. The van der Waals surface area contributed by atoms with Gasteiger partial charge in [-0.25, -0.2) is 15.0 Å². The van der Waals surface area contributed by atoms with Gasteiger partial charge in [-0.2, -0.15) is 13.2 Å². The van der Waals surface area contributed by atoms with Crippen LogP contribution in [0.1, 0.15) is 21.5 Å². The SMILES string of the molecule is Cc1ccc2c(Nc3ccc(Cl)c(C(F)(F)F)c3)nccc2c1NC(=O)c1csc2c(N)ncnc12. The van der Waals surface area contributed by atoms with Gasteiger partial charge in [0, 0.05) is 28.0 Å². The van der Waals surface area contributed by atoms with E-state index in [2.05, 4.69) is 25.6 Å². The first-order valence-corrected chi connectivity index (χ1v) is 11.7. The molecule has 7 nitrogen and oxygen atoms in total. The number of aryl methyl sites for hydroxylation is 1. The molecule has 0 fully saturated rings. The Hall–Kier alpha value is -3.96. The second kappa shape index (κ2) is 8.92. The van der Waals surface area contributed by atoms with E-state index in [4.69, 9.17) is 17.3 Å². The number of rotatable bonds is 4. The predicted octanol–water partition coefficient (Wildman–Crippen LogP) is 6.80. The average Bonchev–Trinajstić information content (AvgIpc) is 3.27. The van der Waals surface area contributed by atoms with E-state index in [9.17, 15) is 18.0 Å². The van der Waals surface area contributed by atoms with Gasteiger partial charge in [0.15, 0.2) is 0 Å². The molecule has 12 heteroatoms. The van der Waals surface area contributed by atoms with Gasteiger partial charge in [0.05, 0.1) is 32.1 Å². The minimum absolute atomic E-state index is 0.167. The fourth-order valence-electron chi connectivity index (χ4n) is 3.80. The maximum Gasteiger partial charge on any atom is 0.417 e. The Morgan fingerprint density at radius 3 is 2.67 bits per heavy atom. The van der Waals surface area contributed by atoms with Crippen molar-refractivity contribution in [3.63, 3.8) is 0 Å². The summed E-state index contributed by atoms with van der Waals surface area (Å²) in [4.78, 5) is 25.6. The van der Waals surface area contributed by atoms with Crippen molar-refractivity contribution < 1.29 is 18.0 Å². The molecule has 5 rings (SSSR count). The number of alkyl halides is 3. The van der Waals surface area contributed by atoms with E-state index in [1.54, 1.807) is 23.6 Å². The van der Waals surface area contributed by atoms with Crippen LogP contribution in [-0.4, -0.2) is 20.9 Å². The normalized spacial score (nSPS) is 11.7. The highest BCUT2D eigenvalue weighted by Gasteiger charge is 2.33. The van der Waals surface area contributed by atoms with E-state index >= 15 is 0 Å². The molecule has 3 aromatic heterocycles. The topological polar surface area (TPSA) is 106 Å². The van der Waals surface area contributed by atoms with Crippen molar-refractivity contribution in [3.8, 4) is 0 Å². The van der Waals surface area contributed by atoms with Crippen molar-refractivity contribution in [1.29, 1.82) is 0 Å². The Bertz CT molecular complexity index is 1650. The average molecular weight is 529 g/mol. The fourth-order valence-corrected chi connectivity index (χ4v) is 4.92. The summed E-state index contributed by atoms with van der Waals surface area (Å²) in [6.07, 6.45) is -1.79. The summed E-state index contributed by atoms with van der Waals surface area (Å²) in [5.74, 6) is 0.233. The van der Waals surface area contributed by atoms with Crippen LogP contribution in [0.2, 0.25) is 5.02 Å². The van der Waals surface area contributed by atoms with Crippen LogP contribution in [0.25, 0.3) is 21.0 Å². The van der Waals surface area contributed by atoms with Crippen molar-refractivity contribution >= 4 is 72.8 Å². The molecular weight excluding hydrogens is 513 g/mol. The van der Waals surface area contributed by atoms with Crippen molar-refractivity contribution in [2.24, 2.45) is 0 Å². The number of nitrogens with one attached hydrogen (secondary N) is 2. The van der Waals surface area contributed by atoms with Crippen molar-refractivity contribution in [2.75, 3.05) is 16.4 Å². The van der Waals surface area contributed by atoms with Gasteiger partial charge >= 0.3 is 6.18 Å². The third-order valence-corrected chi connectivity index (χ3v) is 6.87. The molecule has 0 atom stereocenters. The van der Waals surface area contributed by atoms with Gasteiger partial charge in [-0.3, -0.25) is 4.79 Å². The van der Waals surface area contributed by atoms with Crippen molar-refractivity contribution in [2.45, 2.75) is 13.1 Å². The Morgan fingerprint density at radius 1 is 1.08 bits per heavy atom. The zero-order valence-corrected chi connectivity index (χ0v) is 20.0. The number of nitrogen functional groups attached to an aromatic ring is 1. The molecule has 1 amide bonds. The lowest BCUT2D eigenvalue weighted by atomic mass is 10.0. The van der Waals surface area contributed by atoms with Gasteiger partial charge in [0.1, 0.15) is 18.0 Å². The fraction of sp³-hybridized carbons (Fsp3) is 0.0833. The molecule has 2 aromatic carbocycles. The van der Waals surface area contributed by atoms with Crippen LogP contribution in [-0.2, 0) is 6.18 Å². The lowest BCUT2D eigenvalue weighted by molar-refractivity contribution is -0.137. The number of carbonyl (C=O) groups is 1. The molecule has 0 radical (unpaired) electrons. The maximum absolute atomic E-state index is 13.3. The number of fused-ring (bicyclic) bond motifs is 2. The third kappa shape index (κ3) is 4.27. The lowest BCUT2D eigenvalue weighted by Crippen LogP contribution is -2.13. The van der Waals surface area contributed by atoms with E-state index in [1.165, 1.54) is 36.0 Å². The van der Waals surface area contributed by atoms with E-state index < -0.39 is 16.8 Å². The van der Waals surface area contributed by atoms with Crippen LogP contribution in [0.5, 0.6) is 0 Å². The highest BCUT2D eigenvalue weighted by atomic mass is 35.5. The molecule has 0 bridgehead atoms. The Morgan fingerprint density at radius 2 is 1.89 bits per heavy atom. The van der Waals surface area contributed by atoms with Gasteiger partial charge in [-0.05, 0) is 36.8 Å². The number of amides is 1. The molecule has 0 saturated carbocycles. The molecule has 36 heavy (non-hydrogen) atoms. The quantitative estimate of drug-likeness (QED) is 0.237. The van der Waals surface area contributed by atoms with Crippen LogP contribution in [0, 0.1) is 6.92 Å². The maximum atomic E-state index is 13.3. The first-order valence-electron chi connectivity index (χ1n) is 10.4. The highest BCUT2D eigenvalue weighted by molar-refractivity contribution is 7.18. The number of anilines is 4. The summed E-state index contributed by atoms with van der Waals surface area (Å²) in [5, 5.41) is 8.40. The second-order valence-corrected chi connectivity index (χ2v) is 9.16. The Labute approximate surface area is 211 Å².